The van der Waals surface area contributed by atoms with Crippen molar-refractivity contribution in [2.75, 3.05) is 66.5 Å². The van der Waals surface area contributed by atoms with Crippen molar-refractivity contribution >= 4 is 6.09 Å². The second kappa shape index (κ2) is 8.65. The zero-order valence-corrected chi connectivity index (χ0v) is 15.4. The standard InChI is InChI=1S/C19H30N4O2/c1-20-8-9-21(2)18(15-20)16-25-19(24)23-12-10-22(11-13-23)14-17-6-4-3-5-7-17/h3-7,18H,8-16H2,1-2H3. The highest BCUT2D eigenvalue weighted by Gasteiger charge is 2.26. The predicted molar refractivity (Wildman–Crippen MR) is 98.6 cm³/mol. The highest BCUT2D eigenvalue weighted by Crippen LogP contribution is 2.11. The lowest BCUT2D eigenvalue weighted by Gasteiger charge is -2.38. The average Bonchev–Trinajstić information content (AvgIpc) is 2.64. The lowest BCUT2D eigenvalue weighted by atomic mass is 10.2. The number of nitrogens with zero attached hydrogens (tertiary/aromatic N) is 4. The summed E-state index contributed by atoms with van der Waals surface area (Å²) in [6.07, 6.45) is -0.166. The first-order valence-electron chi connectivity index (χ1n) is 9.18. The molecule has 0 saturated carbocycles. The molecule has 1 aromatic rings. The molecule has 25 heavy (non-hydrogen) atoms. The van der Waals surface area contributed by atoms with Gasteiger partial charge in [0.15, 0.2) is 0 Å². The van der Waals surface area contributed by atoms with Crippen LogP contribution in [0.5, 0.6) is 0 Å². The van der Waals surface area contributed by atoms with Gasteiger partial charge < -0.3 is 14.5 Å². The Balaban J connectivity index is 1.39. The van der Waals surface area contributed by atoms with Crippen LogP contribution in [0.2, 0.25) is 0 Å². The minimum Gasteiger partial charge on any atom is -0.448 e. The smallest absolute Gasteiger partial charge is 0.409 e. The van der Waals surface area contributed by atoms with Crippen molar-refractivity contribution in [2.45, 2.75) is 12.6 Å². The van der Waals surface area contributed by atoms with Crippen LogP contribution >= 0.6 is 0 Å². The van der Waals surface area contributed by atoms with Gasteiger partial charge in [0.25, 0.3) is 0 Å². The topological polar surface area (TPSA) is 39.3 Å². The van der Waals surface area contributed by atoms with Gasteiger partial charge in [0.1, 0.15) is 6.61 Å². The van der Waals surface area contributed by atoms with Gasteiger partial charge in [-0.05, 0) is 19.7 Å². The molecule has 2 fully saturated rings. The van der Waals surface area contributed by atoms with Crippen molar-refractivity contribution in [3.05, 3.63) is 35.9 Å². The van der Waals surface area contributed by atoms with Crippen LogP contribution in [-0.2, 0) is 11.3 Å². The van der Waals surface area contributed by atoms with Gasteiger partial charge in [0, 0.05) is 52.4 Å². The Morgan fingerprint density at radius 2 is 1.76 bits per heavy atom. The quantitative estimate of drug-likeness (QED) is 0.819. The summed E-state index contributed by atoms with van der Waals surface area (Å²) in [4.78, 5) is 21.2. The Morgan fingerprint density at radius 1 is 1.04 bits per heavy atom. The van der Waals surface area contributed by atoms with Gasteiger partial charge in [-0.15, -0.1) is 0 Å². The first kappa shape index (κ1) is 18.2. The molecule has 1 unspecified atom stereocenters. The number of hydrogen-bond acceptors (Lipinski definition) is 5. The molecule has 1 aromatic carbocycles. The number of piperazine rings is 2. The van der Waals surface area contributed by atoms with Crippen LogP contribution in [0.1, 0.15) is 5.56 Å². The third-order valence-electron chi connectivity index (χ3n) is 5.26. The third-order valence-corrected chi connectivity index (χ3v) is 5.26. The Morgan fingerprint density at radius 3 is 2.48 bits per heavy atom. The van der Waals surface area contributed by atoms with E-state index in [0.717, 1.165) is 52.4 Å². The van der Waals surface area contributed by atoms with E-state index in [1.165, 1.54) is 5.56 Å². The van der Waals surface area contributed by atoms with Crippen molar-refractivity contribution in [3.8, 4) is 0 Å². The zero-order chi connectivity index (χ0) is 17.6. The molecular weight excluding hydrogens is 316 g/mol. The van der Waals surface area contributed by atoms with E-state index in [4.69, 9.17) is 4.74 Å². The fourth-order valence-corrected chi connectivity index (χ4v) is 3.47. The fraction of sp³-hybridized carbons (Fsp3) is 0.632. The normalized spacial score (nSPS) is 23.6. The summed E-state index contributed by atoms with van der Waals surface area (Å²) >= 11 is 0. The van der Waals surface area contributed by atoms with Crippen molar-refractivity contribution in [3.63, 3.8) is 0 Å². The van der Waals surface area contributed by atoms with Crippen LogP contribution in [0.25, 0.3) is 0 Å². The van der Waals surface area contributed by atoms with E-state index >= 15 is 0 Å². The minimum absolute atomic E-state index is 0.166. The number of ether oxygens (including phenoxy) is 1. The Kier molecular flexibility index (Phi) is 6.29. The summed E-state index contributed by atoms with van der Waals surface area (Å²) in [5.41, 5.74) is 1.32. The first-order chi connectivity index (χ1) is 12.1. The molecule has 138 valence electrons. The van der Waals surface area contributed by atoms with Crippen molar-refractivity contribution in [1.82, 2.24) is 19.6 Å². The summed E-state index contributed by atoms with van der Waals surface area (Å²) in [5, 5.41) is 0. The van der Waals surface area contributed by atoms with Gasteiger partial charge in [-0.1, -0.05) is 30.3 Å². The maximum Gasteiger partial charge on any atom is 0.409 e. The summed E-state index contributed by atoms with van der Waals surface area (Å²) in [6.45, 7) is 7.76. The van der Waals surface area contributed by atoms with Crippen LogP contribution in [0.4, 0.5) is 4.79 Å². The average molecular weight is 346 g/mol. The number of likely N-dealkylation sites (N-methyl/N-ethyl adjacent to an activating group) is 2. The van der Waals surface area contributed by atoms with E-state index in [1.54, 1.807) is 0 Å². The van der Waals surface area contributed by atoms with Gasteiger partial charge in [-0.3, -0.25) is 9.80 Å². The second-order valence-electron chi connectivity index (χ2n) is 7.22. The molecule has 6 nitrogen and oxygen atoms in total. The lowest BCUT2D eigenvalue weighted by Crippen LogP contribution is -2.53. The Labute approximate surface area is 150 Å². The van der Waals surface area contributed by atoms with Gasteiger partial charge >= 0.3 is 6.09 Å². The van der Waals surface area contributed by atoms with Crippen molar-refractivity contribution in [1.29, 1.82) is 0 Å². The number of amides is 1. The van der Waals surface area contributed by atoms with E-state index in [2.05, 4.69) is 53.1 Å². The molecule has 0 aliphatic carbocycles. The summed E-state index contributed by atoms with van der Waals surface area (Å²) < 4.78 is 5.59. The third kappa shape index (κ3) is 5.17. The molecule has 0 aromatic heterocycles. The number of benzene rings is 1. The molecule has 2 aliphatic heterocycles. The summed E-state index contributed by atoms with van der Waals surface area (Å²) in [6, 6.07) is 10.8. The zero-order valence-electron chi connectivity index (χ0n) is 15.4. The molecule has 0 N–H and O–H groups in total. The Hall–Kier alpha value is -1.63. The van der Waals surface area contributed by atoms with Crippen LogP contribution in [0, 0.1) is 0 Å². The molecule has 0 radical (unpaired) electrons. The molecule has 1 atom stereocenters. The molecule has 2 saturated heterocycles. The number of hydrogen-bond donors (Lipinski definition) is 0. The predicted octanol–water partition coefficient (Wildman–Crippen LogP) is 1.19. The second-order valence-corrected chi connectivity index (χ2v) is 7.22. The number of carbonyl (C=O) groups is 1. The van der Waals surface area contributed by atoms with Gasteiger partial charge in [0.05, 0.1) is 6.04 Å². The maximum absolute atomic E-state index is 12.3. The molecule has 0 bridgehead atoms. The fourth-order valence-electron chi connectivity index (χ4n) is 3.47. The summed E-state index contributed by atoms with van der Waals surface area (Å²) in [7, 11) is 4.22. The molecule has 2 heterocycles. The largest absolute Gasteiger partial charge is 0.448 e. The molecule has 0 spiro atoms. The molecule has 6 heteroatoms. The number of rotatable bonds is 4. The van der Waals surface area contributed by atoms with E-state index in [1.807, 2.05) is 11.0 Å². The molecular formula is C19H30N4O2. The van der Waals surface area contributed by atoms with Crippen molar-refractivity contribution in [2.24, 2.45) is 0 Å². The van der Waals surface area contributed by atoms with E-state index in [9.17, 15) is 4.79 Å². The van der Waals surface area contributed by atoms with E-state index < -0.39 is 0 Å². The van der Waals surface area contributed by atoms with E-state index in [0.29, 0.717) is 12.6 Å². The van der Waals surface area contributed by atoms with Crippen LogP contribution in [-0.4, -0.2) is 98.3 Å². The maximum atomic E-state index is 12.3. The van der Waals surface area contributed by atoms with Gasteiger partial charge in [-0.25, -0.2) is 4.79 Å². The SMILES string of the molecule is CN1CCN(C)C(COC(=O)N2CCN(Cc3ccccc3)CC2)C1. The van der Waals surface area contributed by atoms with Crippen LogP contribution < -0.4 is 0 Å². The Bertz CT molecular complexity index is 546. The highest BCUT2D eigenvalue weighted by atomic mass is 16.6. The molecule has 3 rings (SSSR count). The van der Waals surface area contributed by atoms with Crippen LogP contribution in [0.15, 0.2) is 30.3 Å². The van der Waals surface area contributed by atoms with Crippen LogP contribution in [0.3, 0.4) is 0 Å². The monoisotopic (exact) mass is 346 g/mol. The first-order valence-corrected chi connectivity index (χ1v) is 9.18. The van der Waals surface area contributed by atoms with E-state index in [-0.39, 0.29) is 6.09 Å². The van der Waals surface area contributed by atoms with Gasteiger partial charge in [-0.2, -0.15) is 0 Å². The number of carbonyl (C=O) groups excluding carboxylic acids is 1. The van der Waals surface area contributed by atoms with Gasteiger partial charge in [0.2, 0.25) is 0 Å². The summed E-state index contributed by atoms with van der Waals surface area (Å²) in [5.74, 6) is 0. The van der Waals surface area contributed by atoms with Crippen molar-refractivity contribution < 1.29 is 9.53 Å². The minimum atomic E-state index is -0.166. The molecule has 2 aliphatic rings. The lowest BCUT2D eigenvalue weighted by molar-refractivity contribution is 0.0317. The highest BCUT2D eigenvalue weighted by molar-refractivity contribution is 5.67. The molecule has 1 amide bonds.